The van der Waals surface area contributed by atoms with Gasteiger partial charge in [0.15, 0.2) is 0 Å². The number of aliphatic imine (C=N–C) groups is 1. The van der Waals surface area contributed by atoms with Gasteiger partial charge in [-0.1, -0.05) is 0 Å². The molecule has 0 atom stereocenters. The SMILES string of the molecule is CC(=N)N=C(C)C. The minimum atomic E-state index is 0.375. The first-order chi connectivity index (χ1) is 3.13. The molecule has 0 aromatic rings. The lowest BCUT2D eigenvalue weighted by Gasteiger charge is -1.84. The van der Waals surface area contributed by atoms with E-state index in [1.807, 2.05) is 13.8 Å². The Balaban J connectivity index is 3.68. The van der Waals surface area contributed by atoms with Crippen LogP contribution in [0.5, 0.6) is 0 Å². The normalized spacial score (nSPS) is 7.86. The molecule has 7 heavy (non-hydrogen) atoms. The van der Waals surface area contributed by atoms with Crippen molar-refractivity contribution in [3.63, 3.8) is 0 Å². The predicted molar refractivity (Wildman–Crippen MR) is 32.2 cm³/mol. The van der Waals surface area contributed by atoms with E-state index < -0.39 is 0 Å². The van der Waals surface area contributed by atoms with E-state index in [1.54, 1.807) is 6.92 Å². The summed E-state index contributed by atoms with van der Waals surface area (Å²) in [5, 5.41) is 6.84. The van der Waals surface area contributed by atoms with Crippen LogP contribution in [0.3, 0.4) is 0 Å². The molecule has 0 aliphatic carbocycles. The number of rotatable bonds is 0. The molecule has 0 aliphatic heterocycles. The van der Waals surface area contributed by atoms with E-state index in [4.69, 9.17) is 5.41 Å². The molecular weight excluding hydrogens is 88.1 g/mol. The lowest BCUT2D eigenvalue weighted by atomic mass is 10.5. The zero-order valence-electron chi connectivity index (χ0n) is 4.95. The molecule has 40 valence electrons. The van der Waals surface area contributed by atoms with E-state index >= 15 is 0 Å². The molecule has 0 radical (unpaired) electrons. The van der Waals surface area contributed by atoms with Crippen LogP contribution in [0, 0.1) is 5.41 Å². The van der Waals surface area contributed by atoms with Crippen LogP contribution in [-0.2, 0) is 0 Å². The molecule has 0 saturated heterocycles. The van der Waals surface area contributed by atoms with Crippen LogP contribution in [0.25, 0.3) is 0 Å². The first-order valence-corrected chi connectivity index (χ1v) is 2.20. The van der Waals surface area contributed by atoms with Crippen molar-refractivity contribution in [1.82, 2.24) is 0 Å². The number of amidine groups is 1. The minimum absolute atomic E-state index is 0.375. The van der Waals surface area contributed by atoms with Gasteiger partial charge in [0.1, 0.15) is 5.84 Å². The maximum atomic E-state index is 6.84. The lowest BCUT2D eigenvalue weighted by Crippen LogP contribution is -1.86. The van der Waals surface area contributed by atoms with Gasteiger partial charge in [-0.05, 0) is 20.8 Å². The first-order valence-electron chi connectivity index (χ1n) is 2.20. The summed E-state index contributed by atoms with van der Waals surface area (Å²) in [6.45, 7) is 5.41. The van der Waals surface area contributed by atoms with Crippen LogP contribution in [-0.4, -0.2) is 11.5 Å². The zero-order valence-corrected chi connectivity index (χ0v) is 4.95. The molecular formula is C5H10N2. The zero-order chi connectivity index (χ0) is 5.86. The van der Waals surface area contributed by atoms with E-state index in [-0.39, 0.29) is 0 Å². The molecule has 0 unspecified atom stereocenters. The van der Waals surface area contributed by atoms with E-state index in [9.17, 15) is 0 Å². The summed E-state index contributed by atoms with van der Waals surface area (Å²) >= 11 is 0. The third-order valence-electron chi connectivity index (χ3n) is 0.391. The van der Waals surface area contributed by atoms with Crippen molar-refractivity contribution < 1.29 is 0 Å². The van der Waals surface area contributed by atoms with Crippen LogP contribution in [0.1, 0.15) is 20.8 Å². The summed E-state index contributed by atoms with van der Waals surface area (Å²) in [6.07, 6.45) is 0. The van der Waals surface area contributed by atoms with Crippen molar-refractivity contribution >= 4 is 11.5 Å². The molecule has 0 rings (SSSR count). The van der Waals surface area contributed by atoms with Crippen LogP contribution in [0.4, 0.5) is 0 Å². The van der Waals surface area contributed by atoms with Gasteiger partial charge >= 0.3 is 0 Å². The number of hydrogen-bond donors (Lipinski definition) is 1. The molecule has 2 heteroatoms. The van der Waals surface area contributed by atoms with Gasteiger partial charge in [-0.25, -0.2) is 4.99 Å². The quantitative estimate of drug-likeness (QED) is 0.352. The van der Waals surface area contributed by atoms with E-state index in [0.29, 0.717) is 5.84 Å². The molecule has 0 saturated carbocycles. The maximum Gasteiger partial charge on any atom is 0.117 e. The van der Waals surface area contributed by atoms with Crippen LogP contribution in [0.15, 0.2) is 4.99 Å². The molecule has 0 heterocycles. The fraction of sp³-hybridized carbons (Fsp3) is 0.600. The van der Waals surface area contributed by atoms with Crippen molar-refractivity contribution in [2.75, 3.05) is 0 Å². The molecule has 0 bridgehead atoms. The summed E-state index contributed by atoms with van der Waals surface area (Å²) in [5.41, 5.74) is 0.938. The highest BCUT2D eigenvalue weighted by Gasteiger charge is 1.76. The summed E-state index contributed by atoms with van der Waals surface area (Å²) < 4.78 is 0. The van der Waals surface area contributed by atoms with E-state index in [2.05, 4.69) is 4.99 Å². The maximum absolute atomic E-state index is 6.84. The number of hydrogen-bond acceptors (Lipinski definition) is 1. The first kappa shape index (κ1) is 6.34. The second-order valence-corrected chi connectivity index (χ2v) is 1.64. The number of nitrogens with zero attached hydrogens (tertiary/aromatic N) is 1. The molecule has 0 aromatic carbocycles. The van der Waals surface area contributed by atoms with Gasteiger partial charge in [-0.3, -0.25) is 5.41 Å². The van der Waals surface area contributed by atoms with Crippen LogP contribution in [0.2, 0.25) is 0 Å². The second-order valence-electron chi connectivity index (χ2n) is 1.64. The van der Waals surface area contributed by atoms with Crippen molar-refractivity contribution in [1.29, 1.82) is 5.41 Å². The highest BCUT2D eigenvalue weighted by Crippen LogP contribution is 1.75. The van der Waals surface area contributed by atoms with Crippen molar-refractivity contribution in [3.8, 4) is 0 Å². The summed E-state index contributed by atoms with van der Waals surface area (Å²) in [6, 6.07) is 0. The molecule has 0 aliphatic rings. The molecule has 2 nitrogen and oxygen atoms in total. The standard InChI is InChI=1S/C5H10N2/c1-4(2)7-5(3)6/h6H,1-3H3. The third kappa shape index (κ3) is 5.34. The largest absolute Gasteiger partial charge is 0.287 e. The Hall–Kier alpha value is -0.660. The van der Waals surface area contributed by atoms with Crippen LogP contribution >= 0.6 is 0 Å². The Morgan fingerprint density at radius 1 is 1.29 bits per heavy atom. The molecule has 1 N–H and O–H groups in total. The highest BCUT2D eigenvalue weighted by molar-refractivity contribution is 5.93. The topological polar surface area (TPSA) is 36.2 Å². The number of nitrogens with one attached hydrogen (secondary N) is 1. The van der Waals surface area contributed by atoms with Gasteiger partial charge in [0.05, 0.1) is 0 Å². The Morgan fingerprint density at radius 2 is 1.71 bits per heavy atom. The van der Waals surface area contributed by atoms with Gasteiger partial charge < -0.3 is 0 Å². The monoisotopic (exact) mass is 98.1 g/mol. The van der Waals surface area contributed by atoms with Gasteiger partial charge in [-0.2, -0.15) is 0 Å². The third-order valence-corrected chi connectivity index (χ3v) is 0.391. The summed E-state index contributed by atoms with van der Waals surface area (Å²) in [7, 11) is 0. The lowest BCUT2D eigenvalue weighted by molar-refractivity contribution is 1.40. The highest BCUT2D eigenvalue weighted by atomic mass is 14.8. The molecule has 0 aromatic heterocycles. The van der Waals surface area contributed by atoms with Gasteiger partial charge in [0.25, 0.3) is 0 Å². The Labute approximate surface area is 43.8 Å². The fourth-order valence-corrected chi connectivity index (χ4v) is 0.335. The summed E-state index contributed by atoms with van der Waals surface area (Å²) in [4.78, 5) is 3.78. The Morgan fingerprint density at radius 3 is 1.71 bits per heavy atom. The fourth-order valence-electron chi connectivity index (χ4n) is 0.335. The van der Waals surface area contributed by atoms with Crippen LogP contribution < -0.4 is 0 Å². The van der Waals surface area contributed by atoms with Crippen molar-refractivity contribution in [2.45, 2.75) is 20.8 Å². The van der Waals surface area contributed by atoms with Gasteiger partial charge in [-0.15, -0.1) is 0 Å². The molecule has 0 spiro atoms. The van der Waals surface area contributed by atoms with E-state index in [0.717, 1.165) is 5.71 Å². The van der Waals surface area contributed by atoms with Gasteiger partial charge in [0, 0.05) is 5.71 Å². The minimum Gasteiger partial charge on any atom is -0.287 e. The van der Waals surface area contributed by atoms with Gasteiger partial charge in [0.2, 0.25) is 0 Å². The molecule has 0 amide bonds. The van der Waals surface area contributed by atoms with Crippen molar-refractivity contribution in [3.05, 3.63) is 0 Å². The summed E-state index contributed by atoms with van der Waals surface area (Å²) in [5.74, 6) is 0.375. The predicted octanol–water partition coefficient (Wildman–Crippen LogP) is 1.46. The second kappa shape index (κ2) is 2.50. The average molecular weight is 98.1 g/mol. The Kier molecular flexibility index (Phi) is 2.27. The molecule has 0 fully saturated rings. The van der Waals surface area contributed by atoms with E-state index in [1.165, 1.54) is 0 Å². The van der Waals surface area contributed by atoms with Crippen molar-refractivity contribution in [2.24, 2.45) is 4.99 Å². The smallest absolute Gasteiger partial charge is 0.117 e. The Bertz CT molecular complexity index is 98.6. The average Bonchev–Trinajstić information content (AvgIpc) is 1.27.